The summed E-state index contributed by atoms with van der Waals surface area (Å²) >= 11 is 0. The highest BCUT2D eigenvalue weighted by Crippen LogP contribution is 2.34. The molecule has 2 aliphatic rings. The molecule has 1 aliphatic carbocycles. The molecule has 8 nitrogen and oxygen atoms in total. The van der Waals surface area contributed by atoms with E-state index in [4.69, 9.17) is 22.0 Å². The molecule has 0 saturated heterocycles. The summed E-state index contributed by atoms with van der Waals surface area (Å²) in [5.41, 5.74) is 15.0. The molecule has 32 heavy (non-hydrogen) atoms. The average molecular weight is 441 g/mol. The molecule has 1 amide bonds. The van der Waals surface area contributed by atoms with E-state index >= 15 is 0 Å². The number of carbonyl (C=O) groups is 1. The van der Waals surface area contributed by atoms with Crippen LogP contribution in [0.4, 0.5) is 10.2 Å². The van der Waals surface area contributed by atoms with Crippen LogP contribution < -0.4 is 22.0 Å². The lowest BCUT2D eigenvalue weighted by molar-refractivity contribution is 0.0801. The van der Waals surface area contributed by atoms with Crippen LogP contribution in [0.2, 0.25) is 0 Å². The summed E-state index contributed by atoms with van der Waals surface area (Å²) < 4.78 is 20.1. The third kappa shape index (κ3) is 4.20. The number of hydrazine groups is 1. The van der Waals surface area contributed by atoms with Gasteiger partial charge in [0, 0.05) is 36.5 Å². The zero-order valence-corrected chi connectivity index (χ0v) is 18.3. The monoisotopic (exact) mass is 440 g/mol. The Kier molecular flexibility index (Phi) is 5.92. The molecule has 1 aromatic heterocycles. The van der Waals surface area contributed by atoms with Gasteiger partial charge in [-0.15, -0.1) is 0 Å². The summed E-state index contributed by atoms with van der Waals surface area (Å²) in [5.74, 6) is 6.70. The average Bonchev–Trinajstić information content (AvgIpc) is 2.72. The van der Waals surface area contributed by atoms with E-state index in [0.29, 0.717) is 46.3 Å². The highest BCUT2D eigenvalue weighted by atomic mass is 19.1. The first-order valence-corrected chi connectivity index (χ1v) is 10.7. The van der Waals surface area contributed by atoms with E-state index in [-0.39, 0.29) is 18.3 Å². The molecule has 1 aliphatic heterocycles. The quantitative estimate of drug-likeness (QED) is 0.495. The van der Waals surface area contributed by atoms with Crippen LogP contribution in [0.25, 0.3) is 5.70 Å². The number of carbonyl (C=O) groups excluding carboxylic acids is 1. The molecule has 9 heteroatoms. The number of aromatic nitrogens is 1. The molecule has 170 valence electrons. The molecular weight excluding hydrogens is 411 g/mol. The fourth-order valence-electron chi connectivity index (χ4n) is 4.19. The van der Waals surface area contributed by atoms with Gasteiger partial charge in [-0.05, 0) is 49.9 Å². The number of amides is 1. The number of likely N-dealkylation sites (N-methyl/N-ethyl adjacent to an activating group) is 1. The molecule has 4 rings (SSSR count). The first-order valence-electron chi connectivity index (χ1n) is 10.7. The number of pyridine rings is 1. The maximum Gasteiger partial charge on any atom is 0.254 e. The van der Waals surface area contributed by atoms with E-state index in [2.05, 4.69) is 4.98 Å². The molecule has 0 unspecified atom stereocenters. The maximum absolute atomic E-state index is 14.0. The van der Waals surface area contributed by atoms with Gasteiger partial charge in [0.15, 0.2) is 11.6 Å². The molecule has 1 aromatic carbocycles. The van der Waals surface area contributed by atoms with Crippen molar-refractivity contribution < 1.29 is 13.9 Å². The van der Waals surface area contributed by atoms with Crippen molar-refractivity contribution in [2.75, 3.05) is 25.9 Å². The standard InChI is InChI=1S/C23H29FN6O2/c1-13-18-9-16(24)6-7-17(18)23(31)29(2)12-19(25)21(30(27)11-14-4-3-5-14)15-8-20(32-13)22(26)28-10-15/h6-10,13-14H,3-5,11-12,25,27H2,1-2H3,(H2,26,28)/b21-19-/t13-/m1/s1. The lowest BCUT2D eigenvalue weighted by atomic mass is 9.85. The number of fused-ring (bicyclic) bond motifs is 3. The second kappa shape index (κ2) is 8.66. The Morgan fingerprint density at radius 1 is 1.28 bits per heavy atom. The van der Waals surface area contributed by atoms with Gasteiger partial charge in [-0.2, -0.15) is 0 Å². The molecule has 0 radical (unpaired) electrons. The van der Waals surface area contributed by atoms with Gasteiger partial charge in [0.25, 0.3) is 5.91 Å². The minimum atomic E-state index is -0.648. The van der Waals surface area contributed by atoms with Crippen LogP contribution in [0.1, 0.15) is 53.8 Å². The third-order valence-corrected chi connectivity index (χ3v) is 6.17. The van der Waals surface area contributed by atoms with Crippen LogP contribution >= 0.6 is 0 Å². The molecule has 1 atom stereocenters. The number of benzene rings is 1. The van der Waals surface area contributed by atoms with Crippen molar-refractivity contribution in [2.24, 2.45) is 17.5 Å². The van der Waals surface area contributed by atoms with Crippen LogP contribution in [0.15, 0.2) is 36.2 Å². The molecule has 0 spiro atoms. The SMILES string of the molecule is C[C@H]1Oc2cc(cnc2N)/C(N(N)CC2CCC2)=C(/N)CN(C)C(=O)c2ccc(F)cc21. The van der Waals surface area contributed by atoms with Gasteiger partial charge in [-0.3, -0.25) is 4.79 Å². The van der Waals surface area contributed by atoms with Crippen LogP contribution in [0, 0.1) is 11.7 Å². The van der Waals surface area contributed by atoms with Crippen LogP contribution in [-0.2, 0) is 0 Å². The van der Waals surface area contributed by atoms with Crippen molar-refractivity contribution in [1.29, 1.82) is 0 Å². The lowest BCUT2D eigenvalue weighted by Gasteiger charge is -2.33. The molecule has 2 aromatic rings. The van der Waals surface area contributed by atoms with Crippen molar-refractivity contribution in [3.8, 4) is 5.75 Å². The highest BCUT2D eigenvalue weighted by molar-refractivity contribution is 5.96. The Balaban J connectivity index is 1.83. The van der Waals surface area contributed by atoms with E-state index in [9.17, 15) is 9.18 Å². The number of anilines is 1. The minimum absolute atomic E-state index is 0.137. The van der Waals surface area contributed by atoms with E-state index in [0.717, 1.165) is 12.8 Å². The summed E-state index contributed by atoms with van der Waals surface area (Å²) in [4.78, 5) is 19.0. The van der Waals surface area contributed by atoms with Gasteiger partial charge in [-0.25, -0.2) is 15.2 Å². The molecule has 6 N–H and O–H groups in total. The van der Waals surface area contributed by atoms with Gasteiger partial charge in [0.05, 0.1) is 17.9 Å². The number of ether oxygens (including phenoxy) is 1. The van der Waals surface area contributed by atoms with Gasteiger partial charge >= 0.3 is 0 Å². The Morgan fingerprint density at radius 2 is 2.03 bits per heavy atom. The normalized spacial score (nSPS) is 21.7. The number of rotatable bonds is 3. The van der Waals surface area contributed by atoms with E-state index in [1.54, 1.807) is 31.2 Å². The number of nitrogens with two attached hydrogens (primary N) is 3. The number of nitrogens with zero attached hydrogens (tertiary/aromatic N) is 3. The zero-order chi connectivity index (χ0) is 23.0. The fourth-order valence-corrected chi connectivity index (χ4v) is 4.19. The smallest absolute Gasteiger partial charge is 0.254 e. The van der Waals surface area contributed by atoms with Crippen molar-refractivity contribution in [3.05, 3.63) is 58.7 Å². The number of halogens is 1. The number of hydrogen-bond donors (Lipinski definition) is 3. The summed E-state index contributed by atoms with van der Waals surface area (Å²) in [7, 11) is 1.65. The molecule has 1 fully saturated rings. The van der Waals surface area contributed by atoms with Crippen molar-refractivity contribution in [3.63, 3.8) is 0 Å². The fraction of sp³-hybridized carbons (Fsp3) is 0.391. The van der Waals surface area contributed by atoms with Crippen molar-refractivity contribution in [1.82, 2.24) is 14.9 Å². The minimum Gasteiger partial charge on any atom is -0.482 e. The Hall–Kier alpha value is -3.33. The predicted octanol–water partition coefficient (Wildman–Crippen LogP) is 2.63. The zero-order valence-electron chi connectivity index (χ0n) is 18.3. The first kappa shape index (κ1) is 21.9. The molecule has 2 bridgehead atoms. The molecule has 2 heterocycles. The second-order valence-corrected chi connectivity index (χ2v) is 8.58. The number of nitrogen functional groups attached to an aromatic ring is 1. The van der Waals surface area contributed by atoms with Crippen LogP contribution in [-0.4, -0.2) is 40.9 Å². The Morgan fingerprint density at radius 3 is 2.72 bits per heavy atom. The highest BCUT2D eigenvalue weighted by Gasteiger charge is 2.27. The second-order valence-electron chi connectivity index (χ2n) is 8.58. The Labute approximate surface area is 186 Å². The van der Waals surface area contributed by atoms with Gasteiger partial charge in [-0.1, -0.05) is 6.42 Å². The van der Waals surface area contributed by atoms with Gasteiger partial charge in [0.1, 0.15) is 11.9 Å². The molecular formula is C23H29FN6O2. The summed E-state index contributed by atoms with van der Waals surface area (Å²) in [6.07, 6.45) is 4.39. The third-order valence-electron chi connectivity index (χ3n) is 6.17. The Bertz CT molecular complexity index is 1070. The van der Waals surface area contributed by atoms with Crippen LogP contribution in [0.3, 0.4) is 0 Å². The van der Waals surface area contributed by atoms with Gasteiger partial charge < -0.3 is 26.1 Å². The van der Waals surface area contributed by atoms with Crippen molar-refractivity contribution >= 4 is 17.4 Å². The van der Waals surface area contributed by atoms with Crippen molar-refractivity contribution in [2.45, 2.75) is 32.3 Å². The van der Waals surface area contributed by atoms with Gasteiger partial charge in [0.2, 0.25) is 0 Å². The predicted molar refractivity (Wildman–Crippen MR) is 120 cm³/mol. The first-order chi connectivity index (χ1) is 15.2. The topological polar surface area (TPSA) is 124 Å². The lowest BCUT2D eigenvalue weighted by Crippen LogP contribution is -2.40. The largest absolute Gasteiger partial charge is 0.482 e. The molecule has 1 saturated carbocycles. The summed E-state index contributed by atoms with van der Waals surface area (Å²) in [5, 5.41) is 1.63. The van der Waals surface area contributed by atoms with E-state index in [1.807, 2.05) is 0 Å². The van der Waals surface area contributed by atoms with Crippen LogP contribution in [0.5, 0.6) is 5.75 Å². The maximum atomic E-state index is 14.0. The van der Waals surface area contributed by atoms with E-state index in [1.165, 1.54) is 29.5 Å². The summed E-state index contributed by atoms with van der Waals surface area (Å²) in [6, 6.07) is 5.75. The number of hydrogen-bond acceptors (Lipinski definition) is 7. The summed E-state index contributed by atoms with van der Waals surface area (Å²) in [6.45, 7) is 2.52. The van der Waals surface area contributed by atoms with E-state index < -0.39 is 11.9 Å².